The van der Waals surface area contributed by atoms with E-state index in [4.69, 9.17) is 11.6 Å². The van der Waals surface area contributed by atoms with Gasteiger partial charge in [-0.15, -0.1) is 0 Å². The molecule has 0 amide bonds. The van der Waals surface area contributed by atoms with Gasteiger partial charge in [-0.1, -0.05) is 29.8 Å². The highest BCUT2D eigenvalue weighted by atomic mass is 35.5. The summed E-state index contributed by atoms with van der Waals surface area (Å²) in [5.74, 6) is 0.563. The minimum absolute atomic E-state index is 0.121. The van der Waals surface area contributed by atoms with Crippen molar-refractivity contribution in [1.82, 2.24) is 19.9 Å². The molecule has 0 saturated carbocycles. The standard InChI is InChI=1S/C21H17ClN4O/c22-15-3-1-13(2-4-15)19-8-21(27)26(12-25-19)16-5-6-17-18(14-9-23-10-14)11-24-20(17)7-16/h1-8,11-12,14,23-24H,9-10H2. The van der Waals surface area contributed by atoms with Gasteiger partial charge in [-0.25, -0.2) is 4.98 Å². The van der Waals surface area contributed by atoms with Crippen molar-refractivity contribution < 1.29 is 0 Å². The number of fused-ring (bicyclic) bond motifs is 1. The molecule has 1 aliphatic rings. The largest absolute Gasteiger partial charge is 0.361 e. The van der Waals surface area contributed by atoms with E-state index in [-0.39, 0.29) is 5.56 Å². The Hall–Kier alpha value is -2.89. The summed E-state index contributed by atoms with van der Waals surface area (Å²) in [5.41, 5.74) is 4.53. The molecule has 0 radical (unpaired) electrons. The van der Waals surface area contributed by atoms with Gasteiger partial charge in [0.05, 0.1) is 11.4 Å². The fraction of sp³-hybridized carbons (Fsp3) is 0.143. The van der Waals surface area contributed by atoms with Crippen molar-refractivity contribution in [1.29, 1.82) is 0 Å². The van der Waals surface area contributed by atoms with Crippen LogP contribution in [0.3, 0.4) is 0 Å². The van der Waals surface area contributed by atoms with Crippen molar-refractivity contribution in [3.05, 3.63) is 82.0 Å². The van der Waals surface area contributed by atoms with Crippen molar-refractivity contribution in [2.45, 2.75) is 5.92 Å². The number of rotatable bonds is 3. The molecule has 0 aliphatic carbocycles. The second-order valence-corrected chi connectivity index (χ2v) is 7.25. The monoisotopic (exact) mass is 376 g/mol. The van der Waals surface area contributed by atoms with Crippen molar-refractivity contribution in [2.75, 3.05) is 13.1 Å². The van der Waals surface area contributed by atoms with Crippen LogP contribution in [0.1, 0.15) is 11.5 Å². The number of hydrogen-bond acceptors (Lipinski definition) is 3. The number of hydrogen-bond donors (Lipinski definition) is 2. The van der Waals surface area contributed by atoms with E-state index in [1.54, 1.807) is 29.1 Å². The molecule has 2 aromatic heterocycles. The fourth-order valence-electron chi connectivity index (χ4n) is 3.51. The molecule has 27 heavy (non-hydrogen) atoms. The van der Waals surface area contributed by atoms with Gasteiger partial charge in [0, 0.05) is 52.8 Å². The second kappa shape index (κ2) is 6.37. The van der Waals surface area contributed by atoms with Crippen LogP contribution in [0.15, 0.2) is 65.8 Å². The summed E-state index contributed by atoms with van der Waals surface area (Å²) in [5, 5.41) is 5.17. The summed E-state index contributed by atoms with van der Waals surface area (Å²) in [4.78, 5) is 20.5. The van der Waals surface area contributed by atoms with Gasteiger partial charge >= 0.3 is 0 Å². The van der Waals surface area contributed by atoms with Crippen LogP contribution < -0.4 is 10.9 Å². The van der Waals surface area contributed by atoms with Gasteiger partial charge in [0.15, 0.2) is 0 Å². The Bertz CT molecular complexity index is 1190. The fourth-order valence-corrected chi connectivity index (χ4v) is 3.63. The molecular weight excluding hydrogens is 360 g/mol. The highest BCUT2D eigenvalue weighted by molar-refractivity contribution is 6.30. The van der Waals surface area contributed by atoms with E-state index < -0.39 is 0 Å². The first kappa shape index (κ1) is 16.3. The molecule has 3 heterocycles. The normalized spacial score (nSPS) is 14.4. The lowest BCUT2D eigenvalue weighted by Gasteiger charge is -2.26. The number of nitrogens with zero attached hydrogens (tertiary/aromatic N) is 2. The maximum Gasteiger partial charge on any atom is 0.258 e. The van der Waals surface area contributed by atoms with Gasteiger partial charge in [0.25, 0.3) is 5.56 Å². The predicted molar refractivity (Wildman–Crippen MR) is 108 cm³/mol. The summed E-state index contributed by atoms with van der Waals surface area (Å²) >= 11 is 5.92. The average molecular weight is 377 g/mol. The van der Waals surface area contributed by atoms with Crippen molar-refractivity contribution in [3.63, 3.8) is 0 Å². The number of halogens is 1. The molecular formula is C21H17ClN4O. The van der Waals surface area contributed by atoms with Gasteiger partial charge in [0.1, 0.15) is 6.33 Å². The highest BCUT2D eigenvalue weighted by Gasteiger charge is 2.21. The topological polar surface area (TPSA) is 62.7 Å². The molecule has 1 saturated heterocycles. The van der Waals surface area contributed by atoms with Crippen molar-refractivity contribution in [2.24, 2.45) is 0 Å². The molecule has 2 aromatic carbocycles. The lowest BCUT2D eigenvalue weighted by molar-refractivity contribution is 0.451. The van der Waals surface area contributed by atoms with E-state index in [0.29, 0.717) is 16.6 Å². The van der Waals surface area contributed by atoms with Gasteiger partial charge in [-0.05, 0) is 29.8 Å². The van der Waals surface area contributed by atoms with E-state index in [2.05, 4.69) is 27.5 Å². The van der Waals surface area contributed by atoms with Crippen LogP contribution in [0.4, 0.5) is 0 Å². The highest BCUT2D eigenvalue weighted by Crippen LogP contribution is 2.29. The van der Waals surface area contributed by atoms with Crippen molar-refractivity contribution >= 4 is 22.5 Å². The van der Waals surface area contributed by atoms with Crippen molar-refractivity contribution in [3.8, 4) is 16.9 Å². The van der Waals surface area contributed by atoms with Crippen LogP contribution in [0.2, 0.25) is 5.02 Å². The van der Waals surface area contributed by atoms with Crippen LogP contribution in [-0.2, 0) is 0 Å². The van der Waals surface area contributed by atoms with E-state index in [1.165, 1.54) is 10.9 Å². The first-order valence-corrected chi connectivity index (χ1v) is 9.23. The second-order valence-electron chi connectivity index (χ2n) is 6.82. The van der Waals surface area contributed by atoms with Gasteiger partial charge in [-0.2, -0.15) is 0 Å². The van der Waals surface area contributed by atoms with Gasteiger partial charge in [-0.3, -0.25) is 9.36 Å². The molecule has 5 nitrogen and oxygen atoms in total. The van der Waals surface area contributed by atoms with Crippen LogP contribution in [0, 0.1) is 0 Å². The molecule has 1 fully saturated rings. The summed E-state index contributed by atoms with van der Waals surface area (Å²) in [6, 6.07) is 14.9. The Kier molecular flexibility index (Phi) is 3.85. The number of nitrogens with one attached hydrogen (secondary N) is 2. The zero-order valence-corrected chi connectivity index (χ0v) is 15.2. The van der Waals surface area contributed by atoms with E-state index >= 15 is 0 Å². The number of aromatic amines is 1. The summed E-state index contributed by atoms with van der Waals surface area (Å²) in [6.45, 7) is 2.04. The first-order chi connectivity index (χ1) is 13.2. The quantitative estimate of drug-likeness (QED) is 0.572. The lowest BCUT2D eigenvalue weighted by atomic mass is 9.93. The molecule has 0 unspecified atom stereocenters. The van der Waals surface area contributed by atoms with Crippen LogP contribution in [-0.4, -0.2) is 27.6 Å². The minimum Gasteiger partial charge on any atom is -0.361 e. The molecule has 6 heteroatoms. The molecule has 0 spiro atoms. The Morgan fingerprint density at radius 2 is 1.89 bits per heavy atom. The summed E-state index contributed by atoms with van der Waals surface area (Å²) < 4.78 is 1.56. The summed E-state index contributed by atoms with van der Waals surface area (Å²) in [6.07, 6.45) is 3.65. The van der Waals surface area contributed by atoms with Crippen LogP contribution >= 0.6 is 11.6 Å². The third kappa shape index (κ3) is 2.85. The zero-order chi connectivity index (χ0) is 18.4. The maximum absolute atomic E-state index is 12.7. The molecule has 1 aliphatic heterocycles. The molecule has 0 bridgehead atoms. The Morgan fingerprint density at radius 3 is 2.59 bits per heavy atom. The van der Waals surface area contributed by atoms with Crippen LogP contribution in [0.25, 0.3) is 27.8 Å². The molecule has 2 N–H and O–H groups in total. The summed E-state index contributed by atoms with van der Waals surface area (Å²) in [7, 11) is 0. The van der Waals surface area contributed by atoms with E-state index in [9.17, 15) is 4.79 Å². The number of H-pyrrole nitrogens is 1. The Morgan fingerprint density at radius 1 is 1.07 bits per heavy atom. The van der Waals surface area contributed by atoms with E-state index in [0.717, 1.165) is 29.9 Å². The number of aromatic nitrogens is 3. The number of benzene rings is 2. The Balaban J connectivity index is 1.52. The molecule has 0 atom stereocenters. The third-order valence-electron chi connectivity index (χ3n) is 5.15. The van der Waals surface area contributed by atoms with Gasteiger partial charge < -0.3 is 10.3 Å². The molecule has 4 aromatic rings. The SMILES string of the molecule is O=c1cc(-c2ccc(Cl)cc2)ncn1-c1ccc2c(C3CNC3)c[nH]c2c1. The average Bonchev–Trinajstić information content (AvgIpc) is 3.04. The minimum atomic E-state index is -0.121. The first-order valence-electron chi connectivity index (χ1n) is 8.86. The lowest BCUT2D eigenvalue weighted by Crippen LogP contribution is -2.39. The van der Waals surface area contributed by atoms with E-state index in [1.807, 2.05) is 24.3 Å². The Labute approximate surface area is 160 Å². The molecule has 5 rings (SSSR count). The van der Waals surface area contributed by atoms with Crippen LogP contribution in [0.5, 0.6) is 0 Å². The maximum atomic E-state index is 12.7. The third-order valence-corrected chi connectivity index (χ3v) is 5.40. The predicted octanol–water partition coefficient (Wildman–Crippen LogP) is 3.72. The smallest absolute Gasteiger partial charge is 0.258 e. The zero-order valence-electron chi connectivity index (χ0n) is 14.4. The molecule has 134 valence electrons. The van der Waals surface area contributed by atoms with Gasteiger partial charge in [0.2, 0.25) is 0 Å².